The van der Waals surface area contributed by atoms with Crippen LogP contribution in [0.4, 0.5) is 0 Å². The minimum atomic E-state index is -4.39. The number of unbranched alkanes of at least 4 members (excludes halogenated alkanes) is 28. The molecule has 0 amide bonds. The molecular weight excluding hydrogens is 990 g/mol. The van der Waals surface area contributed by atoms with Crippen molar-refractivity contribution in [3.05, 3.63) is 97.2 Å². The lowest BCUT2D eigenvalue weighted by Crippen LogP contribution is -2.37. The first-order chi connectivity index (χ1) is 38.0. The standard InChI is InChI=1S/C68H120NO8P/c1-6-8-10-12-14-16-18-20-22-23-24-25-26-27-28-29-30-31-32-33-34-35-36-37-38-39-40-41-42-43-44-45-47-49-51-53-55-57-59-61-68(71)77-66(65-76-78(72,73)75-63-62-69(3,4)5)64-74-67(70)60-58-56-54-52-50-48-46-21-19-17-15-13-11-9-7-2/h8,10,14,16,20-22,24-25,27-28,30-31,33-34,46,66H,6-7,9,11-13,15,17-19,23,26,29,32,35-45,47-65H2,1-5H3/p+1/b10-8-,16-14-,22-20-,25-24-,28-27-,31-30-,34-33-,46-21-. The van der Waals surface area contributed by atoms with Gasteiger partial charge >= 0.3 is 19.8 Å². The van der Waals surface area contributed by atoms with Crippen molar-refractivity contribution in [2.24, 2.45) is 0 Å². The van der Waals surface area contributed by atoms with Crippen LogP contribution < -0.4 is 0 Å². The monoisotopic (exact) mass is 1110 g/mol. The average Bonchev–Trinajstić information content (AvgIpc) is 3.41. The van der Waals surface area contributed by atoms with Gasteiger partial charge in [0.15, 0.2) is 6.10 Å². The molecule has 9 nitrogen and oxygen atoms in total. The molecule has 0 radical (unpaired) electrons. The van der Waals surface area contributed by atoms with Gasteiger partial charge in [-0.05, 0) is 96.3 Å². The number of phosphoric acid groups is 1. The molecular formula is C68H121NO8P+. The Bertz CT molecular complexity index is 1640. The summed E-state index contributed by atoms with van der Waals surface area (Å²) >= 11 is 0. The lowest BCUT2D eigenvalue weighted by atomic mass is 10.0. The van der Waals surface area contributed by atoms with E-state index in [-0.39, 0.29) is 32.0 Å². The molecule has 0 aromatic carbocycles. The van der Waals surface area contributed by atoms with Gasteiger partial charge < -0.3 is 18.9 Å². The van der Waals surface area contributed by atoms with Crippen LogP contribution in [-0.2, 0) is 32.7 Å². The Morgan fingerprint density at radius 3 is 1.10 bits per heavy atom. The molecule has 0 aromatic heterocycles. The first kappa shape index (κ1) is 74.9. The third kappa shape index (κ3) is 62.1. The van der Waals surface area contributed by atoms with Crippen LogP contribution in [-0.4, -0.2) is 74.9 Å². The van der Waals surface area contributed by atoms with Gasteiger partial charge in [0.05, 0.1) is 27.7 Å². The number of nitrogens with zero attached hydrogens (tertiary/aromatic N) is 1. The van der Waals surface area contributed by atoms with Crippen molar-refractivity contribution in [2.75, 3.05) is 47.5 Å². The number of carbonyl (C=O) groups excluding carboxylic acids is 2. The largest absolute Gasteiger partial charge is 0.472 e. The van der Waals surface area contributed by atoms with E-state index in [1.54, 1.807) is 0 Å². The fourth-order valence-electron chi connectivity index (χ4n) is 8.70. The van der Waals surface area contributed by atoms with Crippen molar-refractivity contribution in [1.29, 1.82) is 0 Å². The highest BCUT2D eigenvalue weighted by Gasteiger charge is 2.27. The lowest BCUT2D eigenvalue weighted by molar-refractivity contribution is -0.870. The smallest absolute Gasteiger partial charge is 0.462 e. The number of likely N-dealkylation sites (N-methyl/N-ethyl adjacent to an activating group) is 1. The average molecular weight is 1110 g/mol. The lowest BCUT2D eigenvalue weighted by Gasteiger charge is -2.24. The van der Waals surface area contributed by atoms with Crippen LogP contribution >= 0.6 is 7.82 Å². The molecule has 0 aliphatic carbocycles. The molecule has 2 unspecified atom stereocenters. The molecule has 0 bridgehead atoms. The van der Waals surface area contributed by atoms with Gasteiger partial charge in [0.25, 0.3) is 0 Å². The maximum atomic E-state index is 12.8. The minimum Gasteiger partial charge on any atom is -0.462 e. The summed E-state index contributed by atoms with van der Waals surface area (Å²) in [4.78, 5) is 35.7. The number of rotatable bonds is 58. The zero-order chi connectivity index (χ0) is 57.0. The molecule has 0 saturated carbocycles. The Kier molecular flexibility index (Phi) is 56.3. The molecule has 0 aliphatic rings. The highest BCUT2D eigenvalue weighted by Crippen LogP contribution is 2.43. The number of carbonyl (C=O) groups is 2. The van der Waals surface area contributed by atoms with Crippen LogP contribution in [0.1, 0.15) is 271 Å². The summed E-state index contributed by atoms with van der Waals surface area (Å²) in [6, 6.07) is 0. The molecule has 0 aliphatic heterocycles. The highest BCUT2D eigenvalue weighted by molar-refractivity contribution is 7.47. The van der Waals surface area contributed by atoms with Crippen molar-refractivity contribution in [1.82, 2.24) is 0 Å². The van der Waals surface area contributed by atoms with E-state index in [1.165, 1.54) is 141 Å². The van der Waals surface area contributed by atoms with Gasteiger partial charge in [-0.15, -0.1) is 0 Å². The van der Waals surface area contributed by atoms with Crippen LogP contribution in [0.15, 0.2) is 97.2 Å². The van der Waals surface area contributed by atoms with E-state index in [2.05, 4.69) is 111 Å². The molecule has 0 rings (SSSR count). The molecule has 0 spiro atoms. The summed E-state index contributed by atoms with van der Waals surface area (Å²) in [5.41, 5.74) is 0. The molecule has 0 saturated heterocycles. The van der Waals surface area contributed by atoms with Gasteiger partial charge in [-0.3, -0.25) is 18.6 Å². The summed E-state index contributed by atoms with van der Waals surface area (Å²) < 4.78 is 34.6. The Morgan fingerprint density at radius 1 is 0.410 bits per heavy atom. The van der Waals surface area contributed by atoms with E-state index in [1.807, 2.05) is 21.1 Å². The van der Waals surface area contributed by atoms with Gasteiger partial charge in [-0.1, -0.05) is 259 Å². The van der Waals surface area contributed by atoms with Gasteiger partial charge in [-0.2, -0.15) is 0 Å². The van der Waals surface area contributed by atoms with Gasteiger partial charge in [0.1, 0.15) is 19.8 Å². The quantitative estimate of drug-likeness (QED) is 0.0211. The Morgan fingerprint density at radius 2 is 0.731 bits per heavy atom. The second-order valence-corrected chi connectivity index (χ2v) is 23.9. The number of hydrogen-bond donors (Lipinski definition) is 1. The summed E-state index contributed by atoms with van der Waals surface area (Å²) in [7, 11) is 1.47. The van der Waals surface area contributed by atoms with Gasteiger partial charge in [0.2, 0.25) is 0 Å². The third-order valence-corrected chi connectivity index (χ3v) is 14.6. The maximum Gasteiger partial charge on any atom is 0.472 e. The first-order valence-corrected chi connectivity index (χ1v) is 33.5. The van der Waals surface area contributed by atoms with E-state index in [0.29, 0.717) is 17.4 Å². The van der Waals surface area contributed by atoms with Crippen molar-refractivity contribution in [3.63, 3.8) is 0 Å². The Balaban J connectivity index is 3.99. The summed E-state index contributed by atoms with van der Waals surface area (Å²) in [5, 5.41) is 0. The zero-order valence-corrected chi connectivity index (χ0v) is 52.0. The number of phosphoric ester groups is 1. The Hall–Kier alpha value is -3.07. The number of hydrogen-bond acceptors (Lipinski definition) is 7. The minimum absolute atomic E-state index is 0.0288. The molecule has 450 valence electrons. The van der Waals surface area contributed by atoms with E-state index < -0.39 is 26.5 Å². The molecule has 0 heterocycles. The fraction of sp³-hybridized carbons (Fsp3) is 0.735. The summed E-state index contributed by atoms with van der Waals surface area (Å²) in [6.45, 7) is 4.32. The normalized spacial score (nSPS) is 13.9. The molecule has 10 heteroatoms. The Labute approximate surface area is 481 Å². The summed E-state index contributed by atoms with van der Waals surface area (Å²) in [5.74, 6) is -0.802. The van der Waals surface area contributed by atoms with E-state index in [9.17, 15) is 19.0 Å². The van der Waals surface area contributed by atoms with Crippen molar-refractivity contribution < 1.29 is 42.1 Å². The number of ether oxygens (including phenoxy) is 2. The molecule has 0 fully saturated rings. The summed E-state index contributed by atoms with van der Waals surface area (Å²) in [6.07, 6.45) is 80.7. The second-order valence-electron chi connectivity index (χ2n) is 22.4. The van der Waals surface area contributed by atoms with Crippen molar-refractivity contribution in [3.8, 4) is 0 Å². The number of esters is 2. The fourth-order valence-corrected chi connectivity index (χ4v) is 9.44. The van der Waals surface area contributed by atoms with Crippen LogP contribution in [0.25, 0.3) is 0 Å². The molecule has 78 heavy (non-hydrogen) atoms. The van der Waals surface area contributed by atoms with Crippen LogP contribution in [0.3, 0.4) is 0 Å². The highest BCUT2D eigenvalue weighted by atomic mass is 31.2. The SMILES string of the molecule is CC/C=C\C/C=C\C/C=C\C/C=C\C/C=C\C/C=C\C/C=C\CCCCCCCCCCCCCCCCCCCC(=O)OC(COC(=O)CCCCCCC/C=C\CCCCCCCC)COP(=O)(O)OCC[N+](C)(C)C. The topological polar surface area (TPSA) is 108 Å². The second kappa shape index (κ2) is 58.6. The molecule has 1 N–H and O–H groups in total. The van der Waals surface area contributed by atoms with Gasteiger partial charge in [-0.25, -0.2) is 4.57 Å². The van der Waals surface area contributed by atoms with Crippen LogP contribution in [0.5, 0.6) is 0 Å². The molecule has 2 atom stereocenters. The maximum absolute atomic E-state index is 12.8. The van der Waals surface area contributed by atoms with Gasteiger partial charge in [0, 0.05) is 12.8 Å². The zero-order valence-electron chi connectivity index (χ0n) is 51.1. The van der Waals surface area contributed by atoms with E-state index in [4.69, 9.17) is 18.5 Å². The van der Waals surface area contributed by atoms with Crippen molar-refractivity contribution in [2.45, 2.75) is 277 Å². The molecule has 0 aromatic rings. The van der Waals surface area contributed by atoms with E-state index >= 15 is 0 Å². The first-order valence-electron chi connectivity index (χ1n) is 32.0. The predicted molar refractivity (Wildman–Crippen MR) is 335 cm³/mol. The third-order valence-electron chi connectivity index (χ3n) is 13.6. The predicted octanol–water partition coefficient (Wildman–Crippen LogP) is 20.4. The van der Waals surface area contributed by atoms with E-state index in [0.717, 1.165) is 96.3 Å². The number of quaternary nitrogens is 1. The number of allylic oxidation sites excluding steroid dienone is 16. The van der Waals surface area contributed by atoms with Crippen molar-refractivity contribution >= 4 is 19.8 Å². The van der Waals surface area contributed by atoms with Crippen LogP contribution in [0.2, 0.25) is 0 Å². The van der Waals surface area contributed by atoms with Crippen LogP contribution in [0, 0.1) is 0 Å².